The molecule has 0 saturated carbocycles. The molecular formula is C24H25ClFN3O. The number of imidazole rings is 1. The molecule has 0 aliphatic carbocycles. The number of hydrogen-bond donors (Lipinski definition) is 0. The van der Waals surface area contributed by atoms with Crippen molar-refractivity contribution in [2.45, 2.75) is 32.7 Å². The average molecular weight is 426 g/mol. The van der Waals surface area contributed by atoms with Gasteiger partial charge in [0, 0.05) is 29.4 Å². The number of benzene rings is 2. The summed E-state index contributed by atoms with van der Waals surface area (Å²) in [6.07, 6.45) is 5.13. The molecule has 30 heavy (non-hydrogen) atoms. The molecule has 0 aliphatic heterocycles. The second-order valence-corrected chi connectivity index (χ2v) is 7.33. The van der Waals surface area contributed by atoms with Crippen molar-refractivity contribution in [3.8, 4) is 22.5 Å². The zero-order valence-electron chi connectivity index (χ0n) is 17.2. The molecule has 0 N–H and O–H groups in total. The van der Waals surface area contributed by atoms with Crippen LogP contribution < -0.4 is 5.56 Å². The molecule has 0 amide bonds. The Labute approximate surface area is 180 Å². The summed E-state index contributed by atoms with van der Waals surface area (Å²) >= 11 is 6.01. The van der Waals surface area contributed by atoms with Crippen molar-refractivity contribution in [2.24, 2.45) is 0 Å². The summed E-state index contributed by atoms with van der Waals surface area (Å²) in [6, 6.07) is 19.3. The standard InChI is InChI=1S/C23H22ClN3O.CH3F/c1-2-3-7-14-26-21(18-8-5-4-6-9-18)15-22(28)27-16-20(25-23(26)27)17-10-12-19(24)13-11-17;1-2/h4-6,8-13,15-16H,2-3,7,14H2,1H3;1H3. The molecular weight excluding hydrogens is 401 g/mol. The van der Waals surface area contributed by atoms with Crippen LogP contribution >= 0.6 is 11.6 Å². The van der Waals surface area contributed by atoms with Crippen LogP contribution in [0.5, 0.6) is 0 Å². The Hall–Kier alpha value is -2.92. The van der Waals surface area contributed by atoms with Gasteiger partial charge in [0.2, 0.25) is 5.78 Å². The van der Waals surface area contributed by atoms with Crippen molar-refractivity contribution in [3.05, 3.63) is 82.2 Å². The Morgan fingerprint density at radius 2 is 1.67 bits per heavy atom. The number of halogens is 2. The van der Waals surface area contributed by atoms with Crippen molar-refractivity contribution in [3.63, 3.8) is 0 Å². The quantitative estimate of drug-likeness (QED) is 0.342. The van der Waals surface area contributed by atoms with Gasteiger partial charge in [-0.2, -0.15) is 0 Å². The number of nitrogens with zero attached hydrogens (tertiary/aromatic N) is 3. The molecule has 0 spiro atoms. The topological polar surface area (TPSA) is 39.3 Å². The van der Waals surface area contributed by atoms with Crippen molar-refractivity contribution in [2.75, 3.05) is 7.18 Å². The largest absolute Gasteiger partial charge is 0.311 e. The van der Waals surface area contributed by atoms with Crippen LogP contribution in [0.3, 0.4) is 0 Å². The summed E-state index contributed by atoms with van der Waals surface area (Å²) < 4.78 is 13.3. The maximum atomic E-state index is 12.8. The minimum absolute atomic E-state index is 0.0756. The van der Waals surface area contributed by atoms with E-state index in [2.05, 4.69) is 11.5 Å². The molecule has 0 radical (unpaired) electrons. The lowest BCUT2D eigenvalue weighted by molar-refractivity contribution is 0.606. The third kappa shape index (κ3) is 4.62. The monoisotopic (exact) mass is 425 g/mol. The molecule has 2 aromatic heterocycles. The molecule has 4 aromatic rings. The van der Waals surface area contributed by atoms with Crippen LogP contribution in [0, 0.1) is 0 Å². The highest BCUT2D eigenvalue weighted by Gasteiger charge is 2.14. The highest BCUT2D eigenvalue weighted by atomic mass is 35.5. The molecule has 156 valence electrons. The molecule has 6 heteroatoms. The van der Waals surface area contributed by atoms with E-state index >= 15 is 0 Å². The number of rotatable bonds is 6. The molecule has 0 unspecified atom stereocenters. The Morgan fingerprint density at radius 1 is 0.967 bits per heavy atom. The van der Waals surface area contributed by atoms with E-state index in [0.29, 0.717) is 18.0 Å². The van der Waals surface area contributed by atoms with E-state index in [0.717, 1.165) is 48.3 Å². The van der Waals surface area contributed by atoms with Crippen molar-refractivity contribution < 1.29 is 4.39 Å². The lowest BCUT2D eigenvalue weighted by Gasteiger charge is -2.15. The number of aromatic nitrogens is 3. The fourth-order valence-electron chi connectivity index (χ4n) is 3.44. The van der Waals surface area contributed by atoms with E-state index in [1.807, 2.05) is 60.8 Å². The lowest BCUT2D eigenvalue weighted by atomic mass is 10.1. The zero-order chi connectivity index (χ0) is 21.5. The Kier molecular flexibility index (Phi) is 7.41. The minimum Gasteiger partial charge on any atom is -0.311 e. The van der Waals surface area contributed by atoms with Crippen LogP contribution in [0.4, 0.5) is 4.39 Å². The van der Waals surface area contributed by atoms with Gasteiger partial charge in [-0.3, -0.25) is 13.6 Å². The summed E-state index contributed by atoms with van der Waals surface area (Å²) in [4.78, 5) is 17.7. The summed E-state index contributed by atoms with van der Waals surface area (Å²) in [5.74, 6) is 0.674. The van der Waals surface area contributed by atoms with Crippen LogP contribution in [-0.4, -0.2) is 21.1 Å². The maximum absolute atomic E-state index is 12.8. The van der Waals surface area contributed by atoms with Crippen LogP contribution in [0.1, 0.15) is 26.2 Å². The lowest BCUT2D eigenvalue weighted by Crippen LogP contribution is -2.18. The number of alkyl halides is 1. The molecule has 0 aliphatic rings. The van der Waals surface area contributed by atoms with Gasteiger partial charge in [0.1, 0.15) is 0 Å². The highest BCUT2D eigenvalue weighted by molar-refractivity contribution is 6.30. The number of aryl methyl sites for hydroxylation is 1. The molecule has 0 saturated heterocycles. The van der Waals surface area contributed by atoms with Gasteiger partial charge in [-0.1, -0.05) is 73.8 Å². The molecule has 2 heterocycles. The van der Waals surface area contributed by atoms with Gasteiger partial charge in [-0.05, 0) is 24.1 Å². The fraction of sp³-hybridized carbons (Fsp3) is 0.250. The van der Waals surface area contributed by atoms with Crippen LogP contribution in [0.25, 0.3) is 28.3 Å². The molecule has 4 rings (SSSR count). The first kappa shape index (κ1) is 21.8. The molecule has 4 nitrogen and oxygen atoms in total. The normalized spacial score (nSPS) is 10.7. The summed E-state index contributed by atoms with van der Waals surface area (Å²) in [6.45, 7) is 3.01. The average Bonchev–Trinajstić information content (AvgIpc) is 3.24. The molecule has 2 aromatic carbocycles. The van der Waals surface area contributed by atoms with Gasteiger partial charge < -0.3 is 4.57 Å². The van der Waals surface area contributed by atoms with Crippen LogP contribution in [0.15, 0.2) is 71.7 Å². The van der Waals surface area contributed by atoms with E-state index in [4.69, 9.17) is 16.6 Å². The van der Waals surface area contributed by atoms with Crippen molar-refractivity contribution in [1.29, 1.82) is 0 Å². The first-order valence-corrected chi connectivity index (χ1v) is 10.4. The van der Waals surface area contributed by atoms with E-state index in [-0.39, 0.29) is 5.56 Å². The predicted octanol–water partition coefficient (Wildman–Crippen LogP) is 6.26. The van der Waals surface area contributed by atoms with Gasteiger partial charge in [-0.25, -0.2) is 4.98 Å². The Bertz CT molecular complexity index is 1150. The molecule has 0 bridgehead atoms. The van der Waals surface area contributed by atoms with E-state index < -0.39 is 0 Å². The molecule has 0 fully saturated rings. The second kappa shape index (κ2) is 10.2. The summed E-state index contributed by atoms with van der Waals surface area (Å²) in [7, 11) is 0.500. The minimum atomic E-state index is -0.0756. The van der Waals surface area contributed by atoms with Crippen LogP contribution in [-0.2, 0) is 6.54 Å². The predicted molar refractivity (Wildman–Crippen MR) is 122 cm³/mol. The van der Waals surface area contributed by atoms with E-state index in [1.165, 1.54) is 0 Å². The third-order valence-corrected chi connectivity index (χ3v) is 5.16. The number of fused-ring (bicyclic) bond motifs is 1. The molecule has 0 atom stereocenters. The smallest absolute Gasteiger partial charge is 0.259 e. The first-order valence-electron chi connectivity index (χ1n) is 9.99. The highest BCUT2D eigenvalue weighted by Crippen LogP contribution is 2.24. The van der Waals surface area contributed by atoms with E-state index in [1.54, 1.807) is 10.5 Å². The van der Waals surface area contributed by atoms with E-state index in [9.17, 15) is 9.18 Å². The van der Waals surface area contributed by atoms with Crippen molar-refractivity contribution >= 4 is 17.4 Å². The number of hydrogen-bond acceptors (Lipinski definition) is 2. The second-order valence-electron chi connectivity index (χ2n) is 6.90. The van der Waals surface area contributed by atoms with Crippen molar-refractivity contribution in [1.82, 2.24) is 14.0 Å². The van der Waals surface area contributed by atoms with Gasteiger partial charge in [0.15, 0.2) is 0 Å². The summed E-state index contributed by atoms with van der Waals surface area (Å²) in [5.41, 5.74) is 3.56. The Balaban J connectivity index is 0.00000124. The van der Waals surface area contributed by atoms with Gasteiger partial charge in [0.05, 0.1) is 18.6 Å². The van der Waals surface area contributed by atoms with Gasteiger partial charge in [-0.15, -0.1) is 0 Å². The fourth-order valence-corrected chi connectivity index (χ4v) is 3.57. The summed E-state index contributed by atoms with van der Waals surface area (Å²) in [5, 5.41) is 0.679. The first-order chi connectivity index (χ1) is 14.7. The van der Waals surface area contributed by atoms with Gasteiger partial charge >= 0.3 is 0 Å². The third-order valence-electron chi connectivity index (χ3n) is 4.91. The Morgan fingerprint density at radius 3 is 2.33 bits per heavy atom. The van der Waals surface area contributed by atoms with Crippen LogP contribution in [0.2, 0.25) is 5.02 Å². The number of unbranched alkanes of at least 4 members (excludes halogenated alkanes) is 2. The van der Waals surface area contributed by atoms with Gasteiger partial charge in [0.25, 0.3) is 5.56 Å². The maximum Gasteiger partial charge on any atom is 0.259 e. The SMILES string of the molecule is CCCCCn1c(-c2ccccc2)cc(=O)n2cc(-c3ccc(Cl)cc3)nc12.CF. The zero-order valence-corrected chi connectivity index (χ0v) is 17.9.